The zero-order chi connectivity index (χ0) is 14.6. The van der Waals surface area contributed by atoms with E-state index in [0.29, 0.717) is 0 Å². The minimum Gasteiger partial charge on any atom is -0.480 e. The summed E-state index contributed by atoms with van der Waals surface area (Å²) < 4.78 is 0. The molecule has 0 aliphatic carbocycles. The van der Waals surface area contributed by atoms with Gasteiger partial charge in [-0.3, -0.25) is 9.59 Å². The van der Waals surface area contributed by atoms with E-state index in [2.05, 4.69) is 10.4 Å². The smallest absolute Gasteiger partial charge is 0.329 e. The van der Waals surface area contributed by atoms with Gasteiger partial charge in [0.05, 0.1) is 0 Å². The minimum atomic E-state index is -1.28. The molecule has 7 nitrogen and oxygen atoms in total. The highest BCUT2D eigenvalue weighted by Crippen LogP contribution is 2.16. The molecular formula is C12H19N3O4. The Morgan fingerprint density at radius 2 is 1.95 bits per heavy atom. The predicted molar refractivity (Wildman–Crippen MR) is 68.5 cm³/mol. The second-order valence-corrected chi connectivity index (χ2v) is 4.51. The Morgan fingerprint density at radius 3 is 2.37 bits per heavy atom. The number of aliphatic carboxylic acids is 1. The minimum absolute atomic E-state index is 0.160. The topological polar surface area (TPSA) is 99.1 Å². The van der Waals surface area contributed by atoms with Crippen LogP contribution in [-0.4, -0.2) is 46.2 Å². The van der Waals surface area contributed by atoms with Crippen LogP contribution in [0.2, 0.25) is 0 Å². The maximum atomic E-state index is 12.0. The molecule has 0 aromatic carbocycles. The summed E-state index contributed by atoms with van der Waals surface area (Å²) >= 11 is 0. The maximum absolute atomic E-state index is 12.0. The van der Waals surface area contributed by atoms with Crippen molar-refractivity contribution in [3.05, 3.63) is 0 Å². The third kappa shape index (κ3) is 3.10. The number of nitrogens with zero attached hydrogens (tertiary/aromatic N) is 2. The lowest BCUT2D eigenvalue weighted by atomic mass is 9.92. The van der Waals surface area contributed by atoms with Gasteiger partial charge in [-0.25, -0.2) is 9.80 Å². The molecule has 0 bridgehead atoms. The van der Waals surface area contributed by atoms with Crippen LogP contribution in [0.15, 0.2) is 5.10 Å². The molecule has 0 spiro atoms. The molecule has 0 fully saturated rings. The van der Waals surface area contributed by atoms with Gasteiger partial charge in [0.25, 0.3) is 5.91 Å². The van der Waals surface area contributed by atoms with Crippen molar-refractivity contribution < 1.29 is 19.5 Å². The standard InChI is InChI=1S/C12H19N3O4/c1-4-12(5-2,11(18)19)13-10(17)8-6-7-9(16)15(3)14-8/h4-7H2,1-3H3,(H,13,17)(H,18,19). The van der Waals surface area contributed by atoms with Crippen molar-refractivity contribution in [3.63, 3.8) is 0 Å². The average Bonchev–Trinajstić information content (AvgIpc) is 2.38. The van der Waals surface area contributed by atoms with Gasteiger partial charge in [-0.05, 0) is 12.8 Å². The first-order valence-electron chi connectivity index (χ1n) is 6.26. The van der Waals surface area contributed by atoms with Crippen molar-refractivity contribution in [2.75, 3.05) is 7.05 Å². The molecule has 106 valence electrons. The molecule has 0 atom stereocenters. The number of hydrazone groups is 1. The highest BCUT2D eigenvalue weighted by atomic mass is 16.4. The lowest BCUT2D eigenvalue weighted by Crippen LogP contribution is -2.56. The third-order valence-electron chi connectivity index (χ3n) is 3.44. The van der Waals surface area contributed by atoms with Crippen molar-refractivity contribution in [1.82, 2.24) is 10.3 Å². The third-order valence-corrected chi connectivity index (χ3v) is 3.44. The second kappa shape index (κ2) is 5.81. The fourth-order valence-corrected chi connectivity index (χ4v) is 1.91. The molecule has 0 radical (unpaired) electrons. The van der Waals surface area contributed by atoms with E-state index in [1.807, 2.05) is 0 Å². The molecule has 7 heteroatoms. The fourth-order valence-electron chi connectivity index (χ4n) is 1.91. The molecule has 2 N–H and O–H groups in total. The van der Waals surface area contributed by atoms with Crippen molar-refractivity contribution in [2.24, 2.45) is 5.10 Å². The van der Waals surface area contributed by atoms with E-state index in [4.69, 9.17) is 0 Å². The van der Waals surface area contributed by atoms with Crippen LogP contribution in [0.5, 0.6) is 0 Å². The summed E-state index contributed by atoms with van der Waals surface area (Å²) in [6, 6.07) is 0. The summed E-state index contributed by atoms with van der Waals surface area (Å²) in [4.78, 5) is 34.6. The molecule has 1 heterocycles. The molecule has 0 aromatic rings. The van der Waals surface area contributed by atoms with Crippen molar-refractivity contribution in [3.8, 4) is 0 Å². The van der Waals surface area contributed by atoms with Gasteiger partial charge in [0.1, 0.15) is 11.3 Å². The van der Waals surface area contributed by atoms with E-state index in [9.17, 15) is 19.5 Å². The van der Waals surface area contributed by atoms with E-state index in [1.54, 1.807) is 13.8 Å². The van der Waals surface area contributed by atoms with E-state index >= 15 is 0 Å². The molecule has 2 amide bonds. The van der Waals surface area contributed by atoms with E-state index in [1.165, 1.54) is 7.05 Å². The van der Waals surface area contributed by atoms with Crippen molar-refractivity contribution in [2.45, 2.75) is 45.1 Å². The number of hydrogen-bond donors (Lipinski definition) is 2. The lowest BCUT2D eigenvalue weighted by Gasteiger charge is -2.29. The van der Waals surface area contributed by atoms with E-state index < -0.39 is 17.4 Å². The Morgan fingerprint density at radius 1 is 1.37 bits per heavy atom. The Balaban J connectivity index is 2.87. The van der Waals surface area contributed by atoms with Crippen LogP contribution >= 0.6 is 0 Å². The first kappa shape index (κ1) is 15.1. The Hall–Kier alpha value is -1.92. The van der Waals surface area contributed by atoms with Crippen LogP contribution < -0.4 is 5.32 Å². The summed E-state index contributed by atoms with van der Waals surface area (Å²) in [5, 5.41) is 16.8. The quantitative estimate of drug-likeness (QED) is 0.752. The first-order chi connectivity index (χ1) is 8.86. The molecule has 1 aliphatic heterocycles. The Labute approximate surface area is 111 Å². The second-order valence-electron chi connectivity index (χ2n) is 4.51. The van der Waals surface area contributed by atoms with Crippen LogP contribution in [0.25, 0.3) is 0 Å². The Bertz CT molecular complexity index is 427. The SMILES string of the molecule is CCC(CC)(NC(=O)C1=NN(C)C(=O)CC1)C(=O)O. The van der Waals surface area contributed by atoms with Gasteiger partial charge in [-0.15, -0.1) is 0 Å². The molecule has 19 heavy (non-hydrogen) atoms. The number of carboxylic acid groups (broad SMARTS) is 1. The van der Waals surface area contributed by atoms with Crippen molar-refractivity contribution >= 4 is 23.5 Å². The van der Waals surface area contributed by atoms with Crippen LogP contribution in [0, 0.1) is 0 Å². The summed E-state index contributed by atoms with van der Waals surface area (Å²) in [6.45, 7) is 3.41. The van der Waals surface area contributed by atoms with Crippen LogP contribution in [0.3, 0.4) is 0 Å². The molecule has 0 unspecified atom stereocenters. The van der Waals surface area contributed by atoms with Gasteiger partial charge in [0.2, 0.25) is 5.91 Å². The van der Waals surface area contributed by atoms with E-state index in [-0.39, 0.29) is 37.3 Å². The van der Waals surface area contributed by atoms with Gasteiger partial charge >= 0.3 is 5.97 Å². The molecular weight excluding hydrogens is 250 g/mol. The van der Waals surface area contributed by atoms with Crippen LogP contribution in [0.4, 0.5) is 0 Å². The summed E-state index contributed by atoms with van der Waals surface area (Å²) in [6.07, 6.45) is 1.01. The maximum Gasteiger partial charge on any atom is 0.329 e. The van der Waals surface area contributed by atoms with E-state index in [0.717, 1.165) is 5.01 Å². The molecule has 1 rings (SSSR count). The molecule has 0 saturated carbocycles. The van der Waals surface area contributed by atoms with Crippen LogP contribution in [0.1, 0.15) is 39.5 Å². The average molecular weight is 269 g/mol. The molecule has 1 aliphatic rings. The van der Waals surface area contributed by atoms with Crippen molar-refractivity contribution in [1.29, 1.82) is 0 Å². The Kier molecular flexibility index (Phi) is 4.63. The zero-order valence-electron chi connectivity index (χ0n) is 11.4. The summed E-state index contributed by atoms with van der Waals surface area (Å²) in [5.74, 6) is -1.75. The monoisotopic (exact) mass is 269 g/mol. The molecule has 0 aromatic heterocycles. The predicted octanol–water partition coefficient (Wildman–Crippen LogP) is 0.354. The number of carbonyl (C=O) groups excluding carboxylic acids is 2. The largest absolute Gasteiger partial charge is 0.480 e. The number of rotatable bonds is 5. The van der Waals surface area contributed by atoms with Gasteiger partial charge in [0.15, 0.2) is 0 Å². The van der Waals surface area contributed by atoms with Gasteiger partial charge in [-0.2, -0.15) is 5.10 Å². The summed E-state index contributed by atoms with van der Waals surface area (Å²) in [7, 11) is 1.47. The highest BCUT2D eigenvalue weighted by molar-refractivity contribution is 6.40. The van der Waals surface area contributed by atoms with Gasteiger partial charge in [-0.1, -0.05) is 13.8 Å². The zero-order valence-corrected chi connectivity index (χ0v) is 11.4. The van der Waals surface area contributed by atoms with Gasteiger partial charge < -0.3 is 10.4 Å². The number of nitrogens with one attached hydrogen (secondary N) is 1. The van der Waals surface area contributed by atoms with Gasteiger partial charge in [0, 0.05) is 19.9 Å². The fraction of sp³-hybridized carbons (Fsp3) is 0.667. The van der Waals surface area contributed by atoms with Crippen LogP contribution in [-0.2, 0) is 14.4 Å². The molecule has 0 saturated heterocycles. The highest BCUT2D eigenvalue weighted by Gasteiger charge is 2.37. The normalized spacial score (nSPS) is 16.1. The number of amides is 2. The lowest BCUT2D eigenvalue weighted by molar-refractivity contribution is -0.147. The summed E-state index contributed by atoms with van der Waals surface area (Å²) in [5.41, 5.74) is -1.09. The number of hydrogen-bond acceptors (Lipinski definition) is 4. The first-order valence-corrected chi connectivity index (χ1v) is 6.26. The number of carboxylic acids is 1. The number of carbonyl (C=O) groups is 3.